The minimum absolute atomic E-state index is 0.0609. The lowest BCUT2D eigenvalue weighted by Crippen LogP contribution is -2.27. The van der Waals surface area contributed by atoms with Gasteiger partial charge in [-0.15, -0.1) is 0 Å². The summed E-state index contributed by atoms with van der Waals surface area (Å²) in [5, 5.41) is 3.44. The van der Waals surface area contributed by atoms with Crippen LogP contribution >= 0.6 is 0 Å². The van der Waals surface area contributed by atoms with Crippen LogP contribution in [0.15, 0.2) is 18.2 Å². The number of halogens is 1. The molecular weight excluding hydrogens is 251 g/mol. The molecule has 0 spiro atoms. The van der Waals surface area contributed by atoms with Crippen LogP contribution in [0.4, 0.5) is 10.1 Å². The number of hydrogen-bond acceptors (Lipinski definition) is 2. The fourth-order valence-electron chi connectivity index (χ4n) is 2.66. The molecule has 2 saturated carbocycles. The summed E-state index contributed by atoms with van der Waals surface area (Å²) in [6.45, 7) is 4.92. The highest BCUT2D eigenvalue weighted by atomic mass is 19.1. The van der Waals surface area contributed by atoms with E-state index in [2.05, 4.69) is 23.2 Å². The maximum Gasteiger partial charge on any atom is 0.146 e. The van der Waals surface area contributed by atoms with Gasteiger partial charge in [-0.25, -0.2) is 4.39 Å². The molecular formula is C17H25FN2. The third-order valence-electron chi connectivity index (χ3n) is 4.19. The Morgan fingerprint density at radius 3 is 2.65 bits per heavy atom. The fourth-order valence-corrected chi connectivity index (χ4v) is 2.66. The van der Waals surface area contributed by atoms with Crippen LogP contribution in [0.3, 0.4) is 0 Å². The van der Waals surface area contributed by atoms with Gasteiger partial charge in [0.1, 0.15) is 5.82 Å². The van der Waals surface area contributed by atoms with Crippen LogP contribution in [-0.2, 0) is 6.54 Å². The average Bonchev–Trinajstić information content (AvgIpc) is 3.31. The summed E-state index contributed by atoms with van der Waals surface area (Å²) >= 11 is 0. The van der Waals surface area contributed by atoms with E-state index >= 15 is 0 Å². The number of anilines is 1. The number of benzene rings is 1. The Morgan fingerprint density at radius 2 is 2.05 bits per heavy atom. The highest BCUT2D eigenvalue weighted by Crippen LogP contribution is 2.32. The van der Waals surface area contributed by atoms with Gasteiger partial charge in [0.25, 0.3) is 0 Å². The lowest BCUT2D eigenvalue weighted by atomic mass is 10.1. The maximum absolute atomic E-state index is 14.4. The molecule has 0 amide bonds. The summed E-state index contributed by atoms with van der Waals surface area (Å²) < 4.78 is 14.4. The summed E-state index contributed by atoms with van der Waals surface area (Å²) in [5.41, 5.74) is 1.84. The Kier molecular flexibility index (Phi) is 4.25. The van der Waals surface area contributed by atoms with Gasteiger partial charge in [0.2, 0.25) is 0 Å². The van der Waals surface area contributed by atoms with Gasteiger partial charge in [-0.3, -0.25) is 0 Å². The molecule has 1 N–H and O–H groups in total. The van der Waals surface area contributed by atoms with Gasteiger partial charge in [-0.2, -0.15) is 0 Å². The van der Waals surface area contributed by atoms with Gasteiger partial charge >= 0.3 is 0 Å². The molecule has 2 nitrogen and oxygen atoms in total. The van der Waals surface area contributed by atoms with Crippen LogP contribution in [0.1, 0.15) is 44.6 Å². The largest absolute Gasteiger partial charge is 0.369 e. The van der Waals surface area contributed by atoms with Crippen LogP contribution in [0.5, 0.6) is 0 Å². The second-order valence-corrected chi connectivity index (χ2v) is 6.33. The summed E-state index contributed by atoms with van der Waals surface area (Å²) in [7, 11) is 0. The number of nitrogens with zero attached hydrogens (tertiary/aromatic N) is 1. The van der Waals surface area contributed by atoms with E-state index in [1.54, 1.807) is 6.07 Å². The standard InChI is InChI=1S/C17H25FN2/c1-2-9-20(12-13-3-4-13)17-8-5-14(10-16(17)18)11-19-15-6-7-15/h5,8,10,13,15,19H,2-4,6-7,9,11-12H2,1H3. The first kappa shape index (κ1) is 13.9. The number of rotatable bonds is 8. The predicted molar refractivity (Wildman–Crippen MR) is 81.5 cm³/mol. The molecule has 20 heavy (non-hydrogen) atoms. The first-order valence-corrected chi connectivity index (χ1v) is 8.03. The van der Waals surface area contributed by atoms with Crippen LogP contribution in [-0.4, -0.2) is 19.1 Å². The second-order valence-electron chi connectivity index (χ2n) is 6.33. The summed E-state index contributed by atoms with van der Waals surface area (Å²) in [6, 6.07) is 6.42. The maximum atomic E-state index is 14.4. The van der Waals surface area contributed by atoms with Crippen molar-refractivity contribution in [3.8, 4) is 0 Å². The summed E-state index contributed by atoms with van der Waals surface area (Å²) in [6.07, 6.45) is 6.23. The first-order valence-electron chi connectivity index (χ1n) is 8.03. The molecule has 3 heteroatoms. The van der Waals surface area contributed by atoms with Gasteiger partial charge in [-0.1, -0.05) is 13.0 Å². The van der Waals surface area contributed by atoms with E-state index in [4.69, 9.17) is 0 Å². The Balaban J connectivity index is 1.66. The van der Waals surface area contributed by atoms with Crippen LogP contribution in [0, 0.1) is 11.7 Å². The molecule has 0 atom stereocenters. The Bertz CT molecular complexity index is 452. The van der Waals surface area contributed by atoms with E-state index in [-0.39, 0.29) is 5.82 Å². The van der Waals surface area contributed by atoms with Gasteiger partial charge < -0.3 is 10.2 Å². The van der Waals surface area contributed by atoms with Crippen LogP contribution < -0.4 is 10.2 Å². The number of nitrogens with one attached hydrogen (secondary N) is 1. The van der Waals surface area contributed by atoms with E-state index in [1.165, 1.54) is 25.7 Å². The van der Waals surface area contributed by atoms with Crippen molar-refractivity contribution in [2.75, 3.05) is 18.0 Å². The third kappa shape index (κ3) is 3.72. The normalized spacial score (nSPS) is 18.3. The molecule has 2 fully saturated rings. The lowest BCUT2D eigenvalue weighted by Gasteiger charge is -2.25. The van der Waals surface area contributed by atoms with E-state index in [0.29, 0.717) is 6.04 Å². The van der Waals surface area contributed by atoms with Gasteiger partial charge in [0, 0.05) is 25.7 Å². The van der Waals surface area contributed by atoms with Crippen molar-refractivity contribution in [3.05, 3.63) is 29.6 Å². The van der Waals surface area contributed by atoms with Crippen LogP contribution in [0.2, 0.25) is 0 Å². The SMILES string of the molecule is CCCN(CC1CC1)c1ccc(CNC2CC2)cc1F. The third-order valence-corrected chi connectivity index (χ3v) is 4.19. The van der Waals surface area contributed by atoms with E-state index in [1.807, 2.05) is 6.07 Å². The lowest BCUT2D eigenvalue weighted by molar-refractivity contribution is 0.602. The van der Waals surface area contributed by atoms with Gasteiger partial charge in [-0.05, 0) is 55.7 Å². The zero-order valence-corrected chi connectivity index (χ0v) is 12.4. The van der Waals surface area contributed by atoms with Crippen molar-refractivity contribution < 1.29 is 4.39 Å². The molecule has 3 rings (SSSR count). The molecule has 0 aromatic heterocycles. The first-order chi connectivity index (χ1) is 9.76. The molecule has 1 aromatic rings. The van der Waals surface area contributed by atoms with E-state index in [0.717, 1.165) is 43.2 Å². The van der Waals surface area contributed by atoms with Crippen LogP contribution in [0.25, 0.3) is 0 Å². The summed E-state index contributed by atoms with van der Waals surface area (Å²) in [5.74, 6) is 0.728. The van der Waals surface area contributed by atoms with Crippen molar-refractivity contribution in [1.82, 2.24) is 5.32 Å². The molecule has 2 aliphatic rings. The van der Waals surface area contributed by atoms with Gasteiger partial charge in [0.05, 0.1) is 5.69 Å². The second kappa shape index (κ2) is 6.13. The Labute approximate surface area is 121 Å². The van der Waals surface area contributed by atoms with E-state index < -0.39 is 0 Å². The molecule has 0 heterocycles. The fraction of sp³-hybridized carbons (Fsp3) is 0.647. The van der Waals surface area contributed by atoms with E-state index in [9.17, 15) is 4.39 Å². The van der Waals surface area contributed by atoms with Crippen molar-refractivity contribution in [3.63, 3.8) is 0 Å². The quantitative estimate of drug-likeness (QED) is 0.779. The zero-order chi connectivity index (χ0) is 13.9. The van der Waals surface area contributed by atoms with Crippen molar-refractivity contribution in [2.45, 2.75) is 51.6 Å². The topological polar surface area (TPSA) is 15.3 Å². The minimum Gasteiger partial charge on any atom is -0.369 e. The molecule has 0 radical (unpaired) electrons. The molecule has 1 aromatic carbocycles. The Hall–Kier alpha value is -1.09. The average molecular weight is 276 g/mol. The highest BCUT2D eigenvalue weighted by molar-refractivity contribution is 5.49. The Morgan fingerprint density at radius 1 is 1.25 bits per heavy atom. The summed E-state index contributed by atoms with van der Waals surface area (Å²) in [4.78, 5) is 2.23. The highest BCUT2D eigenvalue weighted by Gasteiger charge is 2.25. The van der Waals surface area contributed by atoms with Crippen molar-refractivity contribution >= 4 is 5.69 Å². The molecule has 2 aliphatic carbocycles. The van der Waals surface area contributed by atoms with Crippen molar-refractivity contribution in [2.24, 2.45) is 5.92 Å². The molecule has 0 saturated heterocycles. The van der Waals surface area contributed by atoms with Gasteiger partial charge in [0.15, 0.2) is 0 Å². The molecule has 0 unspecified atom stereocenters. The predicted octanol–water partition coefficient (Wildman–Crippen LogP) is 3.70. The van der Waals surface area contributed by atoms with Crippen molar-refractivity contribution in [1.29, 1.82) is 0 Å². The molecule has 0 aliphatic heterocycles. The number of hydrogen-bond donors (Lipinski definition) is 1. The monoisotopic (exact) mass is 276 g/mol. The minimum atomic E-state index is -0.0609. The zero-order valence-electron chi connectivity index (χ0n) is 12.4. The smallest absolute Gasteiger partial charge is 0.146 e. The molecule has 110 valence electrons. The molecule has 0 bridgehead atoms.